The van der Waals surface area contributed by atoms with Gasteiger partial charge in [0.1, 0.15) is 5.76 Å². The monoisotopic (exact) mass is 316 g/mol. The molecular weight excluding hydrogens is 300 g/mol. The summed E-state index contributed by atoms with van der Waals surface area (Å²) in [6.07, 6.45) is 0. The van der Waals surface area contributed by atoms with E-state index in [1.807, 2.05) is 6.07 Å². The number of hydrogen-bond acceptors (Lipinski definition) is 5. The molecular formula is C15H16N4O2S. The van der Waals surface area contributed by atoms with Crippen LogP contribution in [0, 0.1) is 20.8 Å². The fourth-order valence-corrected chi connectivity index (χ4v) is 2.74. The van der Waals surface area contributed by atoms with Crippen LogP contribution in [-0.2, 0) is 4.79 Å². The first kappa shape index (κ1) is 14.6. The summed E-state index contributed by atoms with van der Waals surface area (Å²) in [5.41, 5.74) is 4.32. The lowest BCUT2D eigenvalue weighted by molar-refractivity contribution is -0.113. The highest BCUT2D eigenvalue weighted by molar-refractivity contribution is 7.99. The summed E-state index contributed by atoms with van der Waals surface area (Å²) < 4.78 is 4.90. The molecule has 22 heavy (non-hydrogen) atoms. The number of carbonyl (C=O) groups is 1. The van der Waals surface area contributed by atoms with Crippen molar-refractivity contribution in [3.63, 3.8) is 0 Å². The van der Waals surface area contributed by atoms with Crippen LogP contribution in [0.2, 0.25) is 0 Å². The number of aryl methyl sites for hydroxylation is 3. The third kappa shape index (κ3) is 3.14. The van der Waals surface area contributed by atoms with Crippen LogP contribution < -0.4 is 5.32 Å². The maximum Gasteiger partial charge on any atom is 0.236 e. The SMILES string of the molecule is Cc1cc(NC(=O)CSc2nc3cc(C)c(C)cc3[nH]2)no1. The molecule has 6 nitrogen and oxygen atoms in total. The van der Waals surface area contributed by atoms with Gasteiger partial charge in [-0.25, -0.2) is 4.98 Å². The number of benzene rings is 1. The lowest BCUT2D eigenvalue weighted by Gasteiger charge is -1.98. The molecule has 0 fully saturated rings. The van der Waals surface area contributed by atoms with E-state index < -0.39 is 0 Å². The first-order valence-electron chi connectivity index (χ1n) is 6.84. The number of amides is 1. The molecule has 0 spiro atoms. The van der Waals surface area contributed by atoms with Crippen molar-refractivity contribution in [3.05, 3.63) is 35.1 Å². The van der Waals surface area contributed by atoms with Gasteiger partial charge in [0.2, 0.25) is 5.91 Å². The number of aromatic amines is 1. The number of H-pyrrole nitrogens is 1. The Morgan fingerprint density at radius 1 is 1.27 bits per heavy atom. The Labute approximate surface area is 131 Å². The summed E-state index contributed by atoms with van der Waals surface area (Å²) in [7, 11) is 0. The number of aromatic nitrogens is 3. The molecule has 1 aromatic carbocycles. The lowest BCUT2D eigenvalue weighted by atomic mass is 10.1. The number of fused-ring (bicyclic) bond motifs is 1. The van der Waals surface area contributed by atoms with Gasteiger partial charge >= 0.3 is 0 Å². The van der Waals surface area contributed by atoms with E-state index >= 15 is 0 Å². The fraction of sp³-hybridized carbons (Fsp3) is 0.267. The summed E-state index contributed by atoms with van der Waals surface area (Å²) in [4.78, 5) is 19.6. The van der Waals surface area contributed by atoms with Gasteiger partial charge in [-0.3, -0.25) is 4.79 Å². The van der Waals surface area contributed by atoms with Crippen molar-refractivity contribution < 1.29 is 9.32 Å². The Bertz CT molecular complexity index is 798. The number of nitrogens with zero attached hydrogens (tertiary/aromatic N) is 2. The van der Waals surface area contributed by atoms with Crippen LogP contribution in [-0.4, -0.2) is 26.8 Å². The zero-order valence-electron chi connectivity index (χ0n) is 12.6. The molecule has 3 rings (SSSR count). The molecule has 2 N–H and O–H groups in total. The van der Waals surface area contributed by atoms with Crippen molar-refractivity contribution in [2.24, 2.45) is 0 Å². The Morgan fingerprint density at radius 3 is 2.77 bits per heavy atom. The minimum Gasteiger partial charge on any atom is -0.360 e. The maximum atomic E-state index is 11.9. The lowest BCUT2D eigenvalue weighted by Crippen LogP contribution is -2.14. The normalized spacial score (nSPS) is 11.0. The van der Waals surface area contributed by atoms with E-state index in [1.165, 1.54) is 22.9 Å². The van der Waals surface area contributed by atoms with Crippen molar-refractivity contribution in [2.45, 2.75) is 25.9 Å². The number of carbonyl (C=O) groups excluding carboxylic acids is 1. The zero-order chi connectivity index (χ0) is 15.7. The van der Waals surface area contributed by atoms with Gasteiger partial charge in [-0.1, -0.05) is 16.9 Å². The molecule has 3 aromatic rings. The molecule has 2 aromatic heterocycles. The van der Waals surface area contributed by atoms with Crippen LogP contribution in [0.15, 0.2) is 27.9 Å². The Hall–Kier alpha value is -2.28. The van der Waals surface area contributed by atoms with Crippen molar-refractivity contribution >= 4 is 34.5 Å². The molecule has 0 saturated carbocycles. The van der Waals surface area contributed by atoms with Gasteiger partial charge in [-0.05, 0) is 44.0 Å². The van der Waals surface area contributed by atoms with Crippen LogP contribution in [0.25, 0.3) is 11.0 Å². The average Bonchev–Trinajstić information content (AvgIpc) is 3.03. The minimum absolute atomic E-state index is 0.147. The Balaban J connectivity index is 1.64. The van der Waals surface area contributed by atoms with Gasteiger partial charge in [0, 0.05) is 6.07 Å². The molecule has 0 saturated heterocycles. The quantitative estimate of drug-likeness (QED) is 0.722. The molecule has 0 aliphatic carbocycles. The van der Waals surface area contributed by atoms with Crippen LogP contribution in [0.3, 0.4) is 0 Å². The van der Waals surface area contributed by atoms with E-state index in [0.29, 0.717) is 11.6 Å². The highest BCUT2D eigenvalue weighted by Crippen LogP contribution is 2.22. The molecule has 114 valence electrons. The molecule has 0 bridgehead atoms. The molecule has 7 heteroatoms. The van der Waals surface area contributed by atoms with Gasteiger partial charge in [0.15, 0.2) is 11.0 Å². The second-order valence-corrected chi connectivity index (χ2v) is 6.12. The van der Waals surface area contributed by atoms with E-state index in [1.54, 1.807) is 13.0 Å². The highest BCUT2D eigenvalue weighted by atomic mass is 32.2. The Kier molecular flexibility index (Phi) is 3.89. The topological polar surface area (TPSA) is 83.8 Å². The smallest absolute Gasteiger partial charge is 0.236 e. The molecule has 0 atom stereocenters. The zero-order valence-corrected chi connectivity index (χ0v) is 13.4. The molecule has 0 unspecified atom stereocenters. The van der Waals surface area contributed by atoms with Gasteiger partial charge in [0.05, 0.1) is 16.8 Å². The maximum absolute atomic E-state index is 11.9. The molecule has 2 heterocycles. The van der Waals surface area contributed by atoms with Crippen LogP contribution in [0.5, 0.6) is 0 Å². The number of rotatable bonds is 4. The predicted octanol–water partition coefficient (Wildman–Crippen LogP) is 3.21. The van der Waals surface area contributed by atoms with E-state index in [4.69, 9.17) is 4.52 Å². The molecule has 0 radical (unpaired) electrons. The number of thioether (sulfide) groups is 1. The number of anilines is 1. The molecule has 0 aliphatic heterocycles. The van der Waals surface area contributed by atoms with E-state index in [0.717, 1.165) is 16.2 Å². The van der Waals surface area contributed by atoms with Crippen molar-refractivity contribution in [3.8, 4) is 0 Å². The summed E-state index contributed by atoms with van der Waals surface area (Å²) in [6.45, 7) is 5.90. The van der Waals surface area contributed by atoms with E-state index in [-0.39, 0.29) is 11.7 Å². The standard InChI is InChI=1S/C15H16N4O2S/c1-8-4-11-12(5-9(8)2)17-15(16-11)22-7-14(20)18-13-6-10(3)21-19-13/h4-6H,7H2,1-3H3,(H,16,17)(H,18,19,20). The van der Waals surface area contributed by atoms with Crippen molar-refractivity contribution in [1.82, 2.24) is 15.1 Å². The third-order valence-electron chi connectivity index (χ3n) is 3.31. The van der Waals surface area contributed by atoms with Crippen LogP contribution in [0.4, 0.5) is 5.82 Å². The van der Waals surface area contributed by atoms with Crippen molar-refractivity contribution in [1.29, 1.82) is 0 Å². The van der Waals surface area contributed by atoms with E-state index in [9.17, 15) is 4.79 Å². The number of imidazole rings is 1. The summed E-state index contributed by atoms with van der Waals surface area (Å²) in [5, 5.41) is 7.13. The highest BCUT2D eigenvalue weighted by Gasteiger charge is 2.10. The summed E-state index contributed by atoms with van der Waals surface area (Å²) in [5.74, 6) is 1.19. The Morgan fingerprint density at radius 2 is 2.05 bits per heavy atom. The summed E-state index contributed by atoms with van der Waals surface area (Å²) >= 11 is 1.35. The van der Waals surface area contributed by atoms with Gasteiger partial charge < -0.3 is 14.8 Å². The molecule has 1 amide bonds. The second kappa shape index (κ2) is 5.84. The largest absolute Gasteiger partial charge is 0.360 e. The third-order valence-corrected chi connectivity index (χ3v) is 4.18. The number of nitrogens with one attached hydrogen (secondary N) is 2. The first-order valence-corrected chi connectivity index (χ1v) is 7.83. The van der Waals surface area contributed by atoms with Gasteiger partial charge in [-0.15, -0.1) is 0 Å². The predicted molar refractivity (Wildman–Crippen MR) is 86.2 cm³/mol. The minimum atomic E-state index is -0.147. The second-order valence-electron chi connectivity index (χ2n) is 5.16. The fourth-order valence-electron chi connectivity index (χ4n) is 2.05. The first-order chi connectivity index (χ1) is 10.5. The van der Waals surface area contributed by atoms with Gasteiger partial charge in [0.25, 0.3) is 0 Å². The van der Waals surface area contributed by atoms with E-state index in [2.05, 4.69) is 40.4 Å². The average molecular weight is 316 g/mol. The number of hydrogen-bond donors (Lipinski definition) is 2. The van der Waals surface area contributed by atoms with Crippen LogP contribution in [0.1, 0.15) is 16.9 Å². The van der Waals surface area contributed by atoms with Crippen molar-refractivity contribution in [2.75, 3.05) is 11.1 Å². The molecule has 0 aliphatic rings. The van der Waals surface area contributed by atoms with Crippen LogP contribution >= 0.6 is 11.8 Å². The van der Waals surface area contributed by atoms with Gasteiger partial charge in [-0.2, -0.15) is 0 Å². The summed E-state index contributed by atoms with van der Waals surface area (Å²) in [6, 6.07) is 5.79.